The third-order valence-electron chi connectivity index (χ3n) is 5.14. The molecule has 0 saturated heterocycles. The van der Waals surface area contributed by atoms with Crippen molar-refractivity contribution in [3.63, 3.8) is 0 Å². The summed E-state index contributed by atoms with van der Waals surface area (Å²) in [6.45, 7) is 2.90. The molecule has 0 aliphatic heterocycles. The molecular formula is C21H27NO. The number of hydrogen-bond acceptors (Lipinski definition) is 1. The number of rotatable bonds is 5. The quantitative estimate of drug-likeness (QED) is 0.851. The minimum absolute atomic E-state index is 0.0180. The average molecular weight is 309 g/mol. The molecule has 0 unspecified atom stereocenters. The lowest BCUT2D eigenvalue weighted by atomic mass is 9.89. The molecule has 0 aromatic heterocycles. The Labute approximate surface area is 139 Å². The fourth-order valence-corrected chi connectivity index (χ4v) is 3.70. The first-order valence-electron chi connectivity index (χ1n) is 8.98. The highest BCUT2D eigenvalue weighted by molar-refractivity contribution is 5.86. The van der Waals surface area contributed by atoms with Gasteiger partial charge in [0.15, 0.2) is 0 Å². The number of carbonyl (C=O) groups is 1. The zero-order valence-electron chi connectivity index (χ0n) is 14.1. The van der Waals surface area contributed by atoms with Gasteiger partial charge >= 0.3 is 0 Å². The van der Waals surface area contributed by atoms with Crippen molar-refractivity contribution >= 4 is 16.7 Å². The third-order valence-corrected chi connectivity index (χ3v) is 5.14. The van der Waals surface area contributed by atoms with Gasteiger partial charge in [-0.05, 0) is 41.5 Å². The van der Waals surface area contributed by atoms with Crippen molar-refractivity contribution in [3.05, 3.63) is 48.0 Å². The van der Waals surface area contributed by atoms with Crippen LogP contribution in [-0.2, 0) is 11.2 Å². The summed E-state index contributed by atoms with van der Waals surface area (Å²) < 4.78 is 0. The van der Waals surface area contributed by atoms with Gasteiger partial charge in [-0.15, -0.1) is 0 Å². The molecule has 1 atom stereocenters. The molecule has 122 valence electrons. The van der Waals surface area contributed by atoms with Crippen molar-refractivity contribution < 1.29 is 4.79 Å². The Kier molecular flexibility index (Phi) is 5.32. The van der Waals surface area contributed by atoms with Gasteiger partial charge in [-0.2, -0.15) is 0 Å². The van der Waals surface area contributed by atoms with Crippen molar-refractivity contribution in [2.45, 2.75) is 45.4 Å². The number of nitrogens with one attached hydrogen (secondary N) is 1. The minimum Gasteiger partial charge on any atom is -0.356 e. The van der Waals surface area contributed by atoms with Gasteiger partial charge in [-0.3, -0.25) is 4.79 Å². The molecule has 23 heavy (non-hydrogen) atoms. The Morgan fingerprint density at radius 1 is 1.09 bits per heavy atom. The normalized spacial score (nSPS) is 17.1. The van der Waals surface area contributed by atoms with E-state index in [9.17, 15) is 4.79 Å². The molecule has 0 radical (unpaired) electrons. The van der Waals surface area contributed by atoms with Gasteiger partial charge in [0, 0.05) is 12.5 Å². The molecule has 2 aromatic rings. The third kappa shape index (κ3) is 4.13. The molecule has 2 nitrogen and oxygen atoms in total. The molecule has 2 heteroatoms. The lowest BCUT2D eigenvalue weighted by molar-refractivity contribution is -0.124. The summed E-state index contributed by atoms with van der Waals surface area (Å²) in [6, 6.07) is 14.8. The fourth-order valence-electron chi connectivity index (χ4n) is 3.70. The summed E-state index contributed by atoms with van der Waals surface area (Å²) in [5, 5.41) is 5.70. The van der Waals surface area contributed by atoms with Crippen molar-refractivity contribution in [2.24, 2.45) is 11.8 Å². The van der Waals surface area contributed by atoms with Gasteiger partial charge in [0.1, 0.15) is 0 Å². The molecule has 1 amide bonds. The summed E-state index contributed by atoms with van der Waals surface area (Å²) in [7, 11) is 0. The van der Waals surface area contributed by atoms with Crippen molar-refractivity contribution in [2.75, 3.05) is 6.54 Å². The summed E-state index contributed by atoms with van der Waals surface area (Å²) in [5.74, 6) is 0.908. The SMILES string of the molecule is C[C@H](Cc1cccc2ccccc12)C(=O)NCC1CCCCC1. The highest BCUT2D eigenvalue weighted by Gasteiger charge is 2.18. The Balaban J connectivity index is 1.59. The predicted octanol–water partition coefficient (Wildman–Crippen LogP) is 4.71. The van der Waals surface area contributed by atoms with Crippen LogP contribution in [0.1, 0.15) is 44.6 Å². The van der Waals surface area contributed by atoms with E-state index in [1.807, 2.05) is 6.92 Å². The van der Waals surface area contributed by atoms with Crippen molar-refractivity contribution in [1.82, 2.24) is 5.32 Å². The molecule has 1 aliphatic rings. The Hall–Kier alpha value is -1.83. The van der Waals surface area contributed by atoms with Crippen LogP contribution in [0.4, 0.5) is 0 Å². The monoisotopic (exact) mass is 309 g/mol. The Morgan fingerprint density at radius 2 is 1.83 bits per heavy atom. The van der Waals surface area contributed by atoms with E-state index in [1.54, 1.807) is 0 Å². The molecule has 0 heterocycles. The van der Waals surface area contributed by atoms with Crippen molar-refractivity contribution in [3.8, 4) is 0 Å². The number of carbonyl (C=O) groups excluding carboxylic acids is 1. The number of hydrogen-bond donors (Lipinski definition) is 1. The second-order valence-electron chi connectivity index (χ2n) is 6.99. The highest BCUT2D eigenvalue weighted by Crippen LogP contribution is 2.23. The molecule has 0 spiro atoms. The van der Waals surface area contributed by atoms with E-state index < -0.39 is 0 Å². The van der Waals surface area contributed by atoms with Crippen LogP contribution in [0.15, 0.2) is 42.5 Å². The van der Waals surface area contributed by atoms with Gasteiger partial charge in [-0.1, -0.05) is 68.7 Å². The Bertz CT molecular complexity index is 652. The van der Waals surface area contributed by atoms with Gasteiger partial charge in [0.05, 0.1) is 0 Å². The Morgan fingerprint density at radius 3 is 2.65 bits per heavy atom. The smallest absolute Gasteiger partial charge is 0.223 e. The van der Waals surface area contributed by atoms with Crippen LogP contribution < -0.4 is 5.32 Å². The molecule has 3 rings (SSSR count). The molecule has 2 aromatic carbocycles. The summed E-state index contributed by atoms with van der Waals surface area (Å²) in [6.07, 6.45) is 7.37. The maximum atomic E-state index is 12.4. The molecule has 1 N–H and O–H groups in total. The van der Waals surface area contributed by atoms with Crippen LogP contribution in [0.25, 0.3) is 10.8 Å². The first-order chi connectivity index (χ1) is 11.2. The van der Waals surface area contributed by atoms with E-state index >= 15 is 0 Å². The fraction of sp³-hybridized carbons (Fsp3) is 0.476. The zero-order chi connectivity index (χ0) is 16.1. The van der Waals surface area contributed by atoms with E-state index in [0.29, 0.717) is 5.92 Å². The summed E-state index contributed by atoms with van der Waals surface area (Å²) >= 11 is 0. The van der Waals surface area contributed by atoms with E-state index in [-0.39, 0.29) is 11.8 Å². The van der Waals surface area contributed by atoms with Crippen LogP contribution in [0.5, 0.6) is 0 Å². The lowest BCUT2D eigenvalue weighted by Crippen LogP contribution is -2.34. The molecule has 1 saturated carbocycles. The van der Waals surface area contributed by atoms with E-state index in [0.717, 1.165) is 13.0 Å². The van der Waals surface area contributed by atoms with E-state index in [1.165, 1.54) is 48.4 Å². The highest BCUT2D eigenvalue weighted by atomic mass is 16.1. The molecular weight excluding hydrogens is 282 g/mol. The largest absolute Gasteiger partial charge is 0.356 e. The number of fused-ring (bicyclic) bond motifs is 1. The van der Waals surface area contributed by atoms with Crippen LogP contribution in [0.3, 0.4) is 0 Å². The van der Waals surface area contributed by atoms with E-state index in [4.69, 9.17) is 0 Å². The summed E-state index contributed by atoms with van der Waals surface area (Å²) in [4.78, 5) is 12.4. The topological polar surface area (TPSA) is 29.1 Å². The molecule has 1 aliphatic carbocycles. The van der Waals surface area contributed by atoms with Crippen LogP contribution in [0, 0.1) is 11.8 Å². The predicted molar refractivity (Wildman–Crippen MR) is 96.4 cm³/mol. The van der Waals surface area contributed by atoms with Crippen molar-refractivity contribution in [1.29, 1.82) is 0 Å². The second-order valence-corrected chi connectivity index (χ2v) is 6.99. The van der Waals surface area contributed by atoms with Gasteiger partial charge in [-0.25, -0.2) is 0 Å². The standard InChI is InChI=1S/C21H27NO/c1-16(21(23)22-15-17-8-3-2-4-9-17)14-19-12-7-11-18-10-5-6-13-20(18)19/h5-7,10-13,16-17H,2-4,8-9,14-15H2,1H3,(H,22,23)/t16-/m1/s1. The van der Waals surface area contributed by atoms with Crippen LogP contribution in [0.2, 0.25) is 0 Å². The maximum absolute atomic E-state index is 12.4. The first-order valence-corrected chi connectivity index (χ1v) is 8.98. The number of amides is 1. The van der Waals surface area contributed by atoms with Gasteiger partial charge in [0.2, 0.25) is 5.91 Å². The van der Waals surface area contributed by atoms with Gasteiger partial charge in [0.25, 0.3) is 0 Å². The maximum Gasteiger partial charge on any atom is 0.223 e. The second kappa shape index (κ2) is 7.63. The van der Waals surface area contributed by atoms with Crippen LogP contribution >= 0.6 is 0 Å². The first kappa shape index (κ1) is 16.0. The molecule has 0 bridgehead atoms. The van der Waals surface area contributed by atoms with Gasteiger partial charge < -0.3 is 5.32 Å². The molecule has 1 fully saturated rings. The van der Waals surface area contributed by atoms with E-state index in [2.05, 4.69) is 47.8 Å². The average Bonchev–Trinajstić information content (AvgIpc) is 2.61. The zero-order valence-corrected chi connectivity index (χ0v) is 14.1. The summed E-state index contributed by atoms with van der Waals surface area (Å²) in [5.41, 5.74) is 1.27. The minimum atomic E-state index is 0.0180. The lowest BCUT2D eigenvalue weighted by Gasteiger charge is -2.22. The van der Waals surface area contributed by atoms with Crippen LogP contribution in [-0.4, -0.2) is 12.5 Å². The number of benzene rings is 2.